The van der Waals surface area contributed by atoms with Gasteiger partial charge in [0.05, 0.1) is 22.8 Å². The van der Waals surface area contributed by atoms with E-state index < -0.39 is 0 Å². The van der Waals surface area contributed by atoms with Crippen LogP contribution in [0.2, 0.25) is 0 Å². The number of rotatable bonds is 6. The van der Waals surface area contributed by atoms with Crippen molar-refractivity contribution in [3.63, 3.8) is 0 Å². The van der Waals surface area contributed by atoms with Gasteiger partial charge in [-0.15, -0.1) is 0 Å². The van der Waals surface area contributed by atoms with E-state index >= 15 is 0 Å². The highest BCUT2D eigenvalue weighted by Gasteiger charge is 2.13. The van der Waals surface area contributed by atoms with Crippen molar-refractivity contribution in [1.29, 1.82) is 0 Å². The number of hydrogen-bond acceptors (Lipinski definition) is 3. The van der Waals surface area contributed by atoms with Crippen LogP contribution in [0.1, 0.15) is 0 Å². The van der Waals surface area contributed by atoms with Crippen molar-refractivity contribution in [2.24, 2.45) is 0 Å². The van der Waals surface area contributed by atoms with Gasteiger partial charge in [0.1, 0.15) is 0 Å². The highest BCUT2D eigenvalue weighted by Crippen LogP contribution is 2.35. The fraction of sp³-hybridized carbons (Fsp3) is 0. The zero-order chi connectivity index (χ0) is 28.1. The Kier molecular flexibility index (Phi) is 6.78. The molecule has 196 valence electrons. The summed E-state index contributed by atoms with van der Waals surface area (Å²) in [5.74, 6) is 0. The smallest absolute Gasteiger partial charge is 0.0715 e. The molecule has 0 aliphatic carbocycles. The summed E-state index contributed by atoms with van der Waals surface area (Å²) in [6.45, 7) is 0. The number of nitrogens with zero attached hydrogens (tertiary/aromatic N) is 3. The number of hydrogen-bond donors (Lipinski definition) is 0. The third kappa shape index (κ3) is 5.30. The first-order valence-corrected chi connectivity index (χ1v) is 13.9. The number of benzene rings is 3. The molecule has 0 bridgehead atoms. The van der Waals surface area contributed by atoms with Crippen LogP contribution in [0.5, 0.6) is 0 Å². The lowest BCUT2D eigenvalue weighted by atomic mass is 9.94. The van der Waals surface area contributed by atoms with Crippen LogP contribution in [0.3, 0.4) is 0 Å². The molecule has 0 aliphatic rings. The standard InChI is InChI=1S/C39H25N3/c1-4-12-28(13-5-1)31-19-20-37(41-27-31)35-23-32(22-34(24-35)36-18-10-11-21-40-36)33-25-38(29-14-6-2-7-15-29)42-39(26-33)30-16-8-3-9-17-30/h1-4,6-12,14-27H. The van der Waals surface area contributed by atoms with Crippen LogP contribution in [0.25, 0.3) is 67.3 Å². The molecule has 0 amide bonds. The Morgan fingerprint density at radius 3 is 1.60 bits per heavy atom. The van der Waals surface area contributed by atoms with Gasteiger partial charge in [-0.1, -0.05) is 91.0 Å². The Morgan fingerprint density at radius 2 is 1.02 bits per heavy atom. The lowest BCUT2D eigenvalue weighted by molar-refractivity contribution is 1.30. The molecule has 0 saturated carbocycles. The van der Waals surface area contributed by atoms with Gasteiger partial charge in [-0.25, -0.2) is 4.98 Å². The largest absolute Gasteiger partial charge is 0.256 e. The van der Waals surface area contributed by atoms with E-state index in [4.69, 9.17) is 9.97 Å². The van der Waals surface area contributed by atoms with E-state index in [0.717, 1.165) is 67.3 Å². The second-order valence-electron chi connectivity index (χ2n) is 10.0. The summed E-state index contributed by atoms with van der Waals surface area (Å²) < 4.78 is 0. The van der Waals surface area contributed by atoms with E-state index in [1.165, 1.54) is 0 Å². The van der Waals surface area contributed by atoms with E-state index in [1.807, 2.05) is 85.2 Å². The van der Waals surface area contributed by atoms with Crippen LogP contribution in [0.15, 0.2) is 152 Å². The lowest BCUT2D eigenvalue weighted by Gasteiger charge is -2.13. The average Bonchev–Trinajstić information content (AvgIpc) is 3.09. The molecule has 0 unspecified atom stereocenters. The molecular formula is C39H25N3. The van der Waals surface area contributed by atoms with Gasteiger partial charge in [0, 0.05) is 45.8 Å². The molecule has 0 fully saturated rings. The molecule has 0 N–H and O–H groups in total. The van der Waals surface area contributed by atoms with E-state index in [2.05, 4.69) is 83.8 Å². The first-order valence-electron chi connectivity index (χ1n) is 13.9. The molecule has 4 aromatic carbocycles. The molecule has 0 atom stereocenters. The first-order chi connectivity index (χ1) is 20.8. The van der Waals surface area contributed by atoms with Gasteiger partial charge in [-0.05, 0) is 71.8 Å². The van der Waals surface area contributed by atoms with Crippen LogP contribution >= 0.6 is 0 Å². The Balaban J connectivity index is 1.39. The van der Waals surface area contributed by atoms with Gasteiger partial charge in [0.25, 0.3) is 0 Å². The molecule has 3 nitrogen and oxygen atoms in total. The van der Waals surface area contributed by atoms with Gasteiger partial charge >= 0.3 is 0 Å². The summed E-state index contributed by atoms with van der Waals surface area (Å²) in [4.78, 5) is 14.6. The maximum absolute atomic E-state index is 5.07. The van der Waals surface area contributed by atoms with E-state index in [0.29, 0.717) is 0 Å². The van der Waals surface area contributed by atoms with Crippen molar-refractivity contribution < 1.29 is 0 Å². The lowest BCUT2D eigenvalue weighted by Crippen LogP contribution is -1.93. The van der Waals surface area contributed by atoms with Crippen LogP contribution in [-0.2, 0) is 0 Å². The van der Waals surface area contributed by atoms with Crippen LogP contribution < -0.4 is 0 Å². The molecule has 42 heavy (non-hydrogen) atoms. The zero-order valence-corrected chi connectivity index (χ0v) is 22.8. The topological polar surface area (TPSA) is 38.7 Å². The Labute approximate surface area is 245 Å². The van der Waals surface area contributed by atoms with Crippen molar-refractivity contribution >= 4 is 0 Å². The second-order valence-corrected chi connectivity index (χ2v) is 10.0. The number of aromatic nitrogens is 3. The highest BCUT2D eigenvalue weighted by molar-refractivity contribution is 5.83. The number of pyridine rings is 3. The molecule has 3 heterocycles. The predicted octanol–water partition coefficient (Wildman–Crippen LogP) is 9.47. The molecule has 0 saturated heterocycles. The summed E-state index contributed by atoms with van der Waals surface area (Å²) in [6, 6.07) is 53.7. The summed E-state index contributed by atoms with van der Waals surface area (Å²) in [6.07, 6.45) is 3.73. The van der Waals surface area contributed by atoms with E-state index in [-0.39, 0.29) is 0 Å². The molecule has 7 aromatic rings. The summed E-state index contributed by atoms with van der Waals surface area (Å²) in [5.41, 5.74) is 12.0. The predicted molar refractivity (Wildman–Crippen MR) is 170 cm³/mol. The molecule has 7 rings (SSSR count). The third-order valence-corrected chi connectivity index (χ3v) is 7.21. The van der Waals surface area contributed by atoms with Gasteiger partial charge in [-0.2, -0.15) is 0 Å². The quantitative estimate of drug-likeness (QED) is 0.213. The van der Waals surface area contributed by atoms with Crippen molar-refractivity contribution in [3.8, 4) is 67.3 Å². The van der Waals surface area contributed by atoms with Crippen molar-refractivity contribution in [3.05, 3.63) is 164 Å². The van der Waals surface area contributed by atoms with Gasteiger partial charge in [0.15, 0.2) is 0 Å². The van der Waals surface area contributed by atoms with Crippen LogP contribution in [0.4, 0.5) is 0 Å². The van der Waals surface area contributed by atoms with E-state index in [1.54, 1.807) is 0 Å². The Morgan fingerprint density at radius 1 is 0.405 bits per heavy atom. The fourth-order valence-electron chi connectivity index (χ4n) is 5.08. The highest BCUT2D eigenvalue weighted by atomic mass is 14.7. The summed E-state index contributed by atoms with van der Waals surface area (Å²) in [5, 5.41) is 0. The van der Waals surface area contributed by atoms with Gasteiger partial charge in [-0.3, -0.25) is 9.97 Å². The Bertz CT molecular complexity index is 1880. The minimum absolute atomic E-state index is 0.887. The normalized spacial score (nSPS) is 10.7. The van der Waals surface area contributed by atoms with Crippen molar-refractivity contribution in [1.82, 2.24) is 15.0 Å². The maximum atomic E-state index is 5.07. The van der Waals surface area contributed by atoms with Crippen LogP contribution in [0, 0.1) is 12.1 Å². The zero-order valence-electron chi connectivity index (χ0n) is 22.8. The first kappa shape index (κ1) is 25.1. The fourth-order valence-corrected chi connectivity index (χ4v) is 5.08. The maximum Gasteiger partial charge on any atom is 0.0715 e. The van der Waals surface area contributed by atoms with Crippen molar-refractivity contribution in [2.75, 3.05) is 0 Å². The monoisotopic (exact) mass is 535 g/mol. The average molecular weight is 536 g/mol. The van der Waals surface area contributed by atoms with Gasteiger partial charge < -0.3 is 0 Å². The molecule has 3 heteroatoms. The Hall–Kier alpha value is -5.85. The second kappa shape index (κ2) is 11.3. The SMILES string of the molecule is c1cccc(-c2ccc(-c3cc(-c4cc(-c5ccccc5)nc(-c5ccccc5)c4)cc(-c4ccccn4)c3)nc2)c#1. The van der Waals surface area contributed by atoms with Crippen molar-refractivity contribution in [2.45, 2.75) is 0 Å². The third-order valence-electron chi connectivity index (χ3n) is 7.21. The molecule has 0 spiro atoms. The molecular weight excluding hydrogens is 510 g/mol. The molecule has 0 aliphatic heterocycles. The van der Waals surface area contributed by atoms with Crippen LogP contribution in [-0.4, -0.2) is 15.0 Å². The minimum atomic E-state index is 0.887. The minimum Gasteiger partial charge on any atom is -0.256 e. The molecule has 0 radical (unpaired) electrons. The van der Waals surface area contributed by atoms with Gasteiger partial charge in [0.2, 0.25) is 0 Å². The summed E-state index contributed by atoms with van der Waals surface area (Å²) >= 11 is 0. The van der Waals surface area contributed by atoms with E-state index in [9.17, 15) is 0 Å². The summed E-state index contributed by atoms with van der Waals surface area (Å²) in [7, 11) is 0. The molecule has 3 aromatic heterocycles.